The van der Waals surface area contributed by atoms with Crippen LogP contribution in [0.4, 0.5) is 11.5 Å². The second kappa shape index (κ2) is 14.2. The number of hydrogen-bond donors (Lipinski definition) is 5. The quantitative estimate of drug-likeness (QED) is 0.215. The molecule has 0 spiro atoms. The van der Waals surface area contributed by atoms with E-state index in [9.17, 15) is 4.79 Å². The van der Waals surface area contributed by atoms with E-state index < -0.39 is 5.69 Å². The largest absolute Gasteiger partial charge is 0.450 e. The summed E-state index contributed by atoms with van der Waals surface area (Å²) in [5, 5.41) is 6.58. The number of hydrogen-bond acceptors (Lipinski definition) is 6. The molecule has 7 N–H and O–H groups in total. The zero-order valence-electron chi connectivity index (χ0n) is 20.1. The minimum absolute atomic E-state index is 0.197. The lowest BCUT2D eigenvalue weighted by atomic mass is 9.89. The van der Waals surface area contributed by atoms with Gasteiger partial charge < -0.3 is 26.8 Å². The highest BCUT2D eigenvalue weighted by Gasteiger charge is 2.17. The molecule has 182 valence electrons. The Morgan fingerprint density at radius 3 is 2.70 bits per heavy atom. The maximum absolute atomic E-state index is 11.1. The summed E-state index contributed by atoms with van der Waals surface area (Å²) >= 11 is 0. The van der Waals surface area contributed by atoms with Crippen molar-refractivity contribution < 1.29 is 4.74 Å². The summed E-state index contributed by atoms with van der Waals surface area (Å²) in [7, 11) is 0. The number of H-pyrrole nitrogens is 1. The monoisotopic (exact) mass is 457 g/mol. The normalized spacial score (nSPS) is 14.0. The number of benzene rings is 1. The maximum Gasteiger partial charge on any atom is 0.346 e. The summed E-state index contributed by atoms with van der Waals surface area (Å²) in [5.41, 5.74) is 12.0. The van der Waals surface area contributed by atoms with E-state index in [1.807, 2.05) is 39.0 Å². The Bertz CT molecular complexity index is 933. The molecule has 4 rings (SSSR count). The topological polar surface area (TPSA) is 143 Å². The minimum atomic E-state index is -0.397. The SMILES string of the molecule is CC.Cc1ccc2c(c1)Nc1[nH]c(=O)ncc1O2.NC(N)=NCCCNCC1CCCCC1. The van der Waals surface area contributed by atoms with Gasteiger partial charge in [-0.25, -0.2) is 4.79 Å². The third-order valence-corrected chi connectivity index (χ3v) is 5.36. The summed E-state index contributed by atoms with van der Waals surface area (Å²) in [6.07, 6.45) is 9.50. The van der Waals surface area contributed by atoms with Crippen LogP contribution in [0.5, 0.6) is 11.5 Å². The van der Waals surface area contributed by atoms with Gasteiger partial charge in [-0.2, -0.15) is 4.98 Å². The van der Waals surface area contributed by atoms with Crippen LogP contribution in [-0.4, -0.2) is 35.6 Å². The number of anilines is 2. The predicted octanol–water partition coefficient (Wildman–Crippen LogP) is 3.77. The molecule has 1 aliphatic carbocycles. The van der Waals surface area contributed by atoms with Crippen LogP contribution in [0.3, 0.4) is 0 Å². The first kappa shape index (κ1) is 26.2. The fourth-order valence-corrected chi connectivity index (χ4v) is 3.75. The zero-order valence-corrected chi connectivity index (χ0v) is 20.1. The van der Waals surface area contributed by atoms with Gasteiger partial charge in [-0.1, -0.05) is 39.2 Å². The molecule has 0 radical (unpaired) electrons. The summed E-state index contributed by atoms with van der Waals surface area (Å²) in [6, 6.07) is 5.80. The number of nitrogens with zero attached hydrogens (tertiary/aromatic N) is 2. The molecular formula is C24H39N7O2. The van der Waals surface area contributed by atoms with Crippen LogP contribution in [0.2, 0.25) is 0 Å². The van der Waals surface area contributed by atoms with Gasteiger partial charge in [-0.3, -0.25) is 9.98 Å². The number of ether oxygens (including phenoxy) is 1. The Kier molecular flexibility index (Phi) is 11.2. The number of fused-ring (bicyclic) bond motifs is 2. The highest BCUT2D eigenvalue weighted by atomic mass is 16.5. The number of guanidine groups is 1. The molecule has 2 heterocycles. The predicted molar refractivity (Wildman–Crippen MR) is 135 cm³/mol. The maximum atomic E-state index is 11.1. The molecule has 1 aliphatic heterocycles. The molecule has 1 aromatic heterocycles. The van der Waals surface area contributed by atoms with Crippen LogP contribution >= 0.6 is 0 Å². The number of aryl methyl sites for hydroxylation is 1. The number of nitrogens with one attached hydrogen (secondary N) is 3. The van der Waals surface area contributed by atoms with E-state index in [2.05, 4.69) is 25.6 Å². The van der Waals surface area contributed by atoms with E-state index in [4.69, 9.17) is 16.2 Å². The smallest absolute Gasteiger partial charge is 0.346 e. The first-order valence-corrected chi connectivity index (χ1v) is 11.9. The number of rotatable bonds is 6. The highest BCUT2D eigenvalue weighted by molar-refractivity contribution is 5.75. The number of aromatic nitrogens is 2. The summed E-state index contributed by atoms with van der Waals surface area (Å²) in [4.78, 5) is 21.2. The van der Waals surface area contributed by atoms with Gasteiger partial charge in [0.05, 0.1) is 11.9 Å². The first-order chi connectivity index (χ1) is 16.0. The first-order valence-electron chi connectivity index (χ1n) is 11.9. The van der Waals surface area contributed by atoms with E-state index in [0.717, 1.165) is 42.4 Å². The van der Waals surface area contributed by atoms with E-state index in [1.54, 1.807) is 0 Å². The molecule has 2 aromatic rings. The van der Waals surface area contributed by atoms with E-state index in [1.165, 1.54) is 44.8 Å². The van der Waals surface area contributed by atoms with Crippen molar-refractivity contribution in [2.75, 3.05) is 25.0 Å². The average molecular weight is 458 g/mol. The average Bonchev–Trinajstić information content (AvgIpc) is 2.82. The highest BCUT2D eigenvalue weighted by Crippen LogP contribution is 2.39. The Labute approximate surface area is 196 Å². The second-order valence-electron chi connectivity index (χ2n) is 8.02. The lowest BCUT2D eigenvalue weighted by Crippen LogP contribution is -2.26. The Balaban J connectivity index is 0.000000218. The molecule has 0 amide bonds. The number of nitrogens with two attached hydrogens (primary N) is 2. The Hall–Kier alpha value is -3.07. The van der Waals surface area contributed by atoms with Crippen molar-refractivity contribution in [1.29, 1.82) is 0 Å². The van der Waals surface area contributed by atoms with Crippen molar-refractivity contribution in [2.45, 2.75) is 59.3 Å². The molecule has 0 unspecified atom stereocenters. The van der Waals surface area contributed by atoms with E-state index >= 15 is 0 Å². The molecule has 1 aromatic carbocycles. The minimum Gasteiger partial charge on any atom is -0.450 e. The van der Waals surface area contributed by atoms with Gasteiger partial charge in [-0.05, 0) is 62.9 Å². The van der Waals surface area contributed by atoms with Crippen molar-refractivity contribution in [3.63, 3.8) is 0 Å². The standard InChI is InChI=1S/C11H24N4.C11H9N3O2.C2H6/c12-11(13)15-8-4-7-14-9-10-5-2-1-3-6-10;1-6-2-3-8-7(4-6)13-10-9(16-8)5-12-11(15)14-10;1-2/h10,14H,1-9H2,(H4,12,13,15);2-5H,1H3,(H2,12,13,14,15);1-2H3. The van der Waals surface area contributed by atoms with Crippen LogP contribution in [0.25, 0.3) is 0 Å². The van der Waals surface area contributed by atoms with Crippen LogP contribution in [0.1, 0.15) is 57.9 Å². The van der Waals surface area contributed by atoms with Crippen molar-refractivity contribution >= 4 is 17.5 Å². The van der Waals surface area contributed by atoms with Crippen LogP contribution in [-0.2, 0) is 0 Å². The van der Waals surface area contributed by atoms with Crippen molar-refractivity contribution in [3.8, 4) is 11.5 Å². The van der Waals surface area contributed by atoms with Crippen LogP contribution in [0, 0.1) is 12.8 Å². The van der Waals surface area contributed by atoms with Gasteiger partial charge in [0, 0.05) is 6.54 Å². The molecule has 1 fully saturated rings. The van der Waals surface area contributed by atoms with E-state index in [-0.39, 0.29) is 5.96 Å². The zero-order chi connectivity index (χ0) is 24.1. The molecule has 2 aliphatic rings. The third kappa shape index (κ3) is 9.13. The molecule has 9 nitrogen and oxygen atoms in total. The van der Waals surface area contributed by atoms with Gasteiger partial charge in [0.15, 0.2) is 23.3 Å². The fraction of sp³-hybridized carbons (Fsp3) is 0.542. The molecule has 33 heavy (non-hydrogen) atoms. The van der Waals surface area contributed by atoms with Crippen molar-refractivity contribution in [1.82, 2.24) is 15.3 Å². The van der Waals surface area contributed by atoms with Crippen molar-refractivity contribution in [3.05, 3.63) is 40.4 Å². The summed E-state index contributed by atoms with van der Waals surface area (Å²) in [5.74, 6) is 2.89. The van der Waals surface area contributed by atoms with Gasteiger partial charge in [-0.15, -0.1) is 0 Å². The molecule has 1 saturated carbocycles. The Morgan fingerprint density at radius 1 is 1.21 bits per heavy atom. The molecular weight excluding hydrogens is 418 g/mol. The Morgan fingerprint density at radius 2 is 1.97 bits per heavy atom. The number of aliphatic imine (C=N–C) groups is 1. The van der Waals surface area contributed by atoms with Gasteiger partial charge in [0.25, 0.3) is 0 Å². The molecule has 0 atom stereocenters. The van der Waals surface area contributed by atoms with Gasteiger partial charge >= 0.3 is 5.69 Å². The third-order valence-electron chi connectivity index (χ3n) is 5.36. The second-order valence-corrected chi connectivity index (χ2v) is 8.02. The lowest BCUT2D eigenvalue weighted by Gasteiger charge is -2.21. The molecule has 9 heteroatoms. The summed E-state index contributed by atoms with van der Waals surface area (Å²) in [6.45, 7) is 8.92. The van der Waals surface area contributed by atoms with Crippen molar-refractivity contribution in [2.24, 2.45) is 22.4 Å². The van der Waals surface area contributed by atoms with Gasteiger partial charge in [0.1, 0.15) is 0 Å². The lowest BCUT2D eigenvalue weighted by molar-refractivity contribution is 0.342. The molecule has 0 bridgehead atoms. The summed E-state index contributed by atoms with van der Waals surface area (Å²) < 4.78 is 5.59. The number of aromatic amines is 1. The van der Waals surface area contributed by atoms with Gasteiger partial charge in [0.2, 0.25) is 0 Å². The van der Waals surface area contributed by atoms with Crippen LogP contribution < -0.4 is 32.5 Å². The van der Waals surface area contributed by atoms with Crippen LogP contribution in [0.15, 0.2) is 34.2 Å². The van der Waals surface area contributed by atoms with E-state index in [0.29, 0.717) is 11.6 Å². The molecule has 0 saturated heterocycles. The fourth-order valence-electron chi connectivity index (χ4n) is 3.75.